The third-order valence-electron chi connectivity index (χ3n) is 3.62. The summed E-state index contributed by atoms with van der Waals surface area (Å²) in [5.41, 5.74) is 5.50. The number of hydrogen-bond acceptors (Lipinski definition) is 3. The molecule has 0 bridgehead atoms. The van der Waals surface area contributed by atoms with E-state index in [9.17, 15) is 5.11 Å². The normalized spacial score (nSPS) is 15.0. The van der Waals surface area contributed by atoms with Gasteiger partial charge in [-0.25, -0.2) is 0 Å². The number of unbranched alkanes of at least 4 members (excludes halogenated alkanes) is 8. The summed E-state index contributed by atoms with van der Waals surface area (Å²) >= 11 is 0. The van der Waals surface area contributed by atoms with Crippen molar-refractivity contribution in [2.45, 2.75) is 83.3 Å². The molecule has 0 saturated carbocycles. The van der Waals surface area contributed by atoms with Gasteiger partial charge in [0.25, 0.3) is 0 Å². The highest BCUT2D eigenvalue weighted by Gasteiger charge is 2.08. The fourth-order valence-corrected chi connectivity index (χ4v) is 2.13. The Labute approximate surface area is 130 Å². The minimum absolute atomic E-state index is 0.191. The summed E-state index contributed by atoms with van der Waals surface area (Å²) in [6, 6.07) is -0.575. The lowest BCUT2D eigenvalue weighted by Crippen LogP contribution is -2.36. The quantitative estimate of drug-likeness (QED) is 0.338. The highest BCUT2D eigenvalue weighted by Crippen LogP contribution is 2.09. The van der Waals surface area contributed by atoms with E-state index in [1.165, 1.54) is 51.4 Å². The molecule has 3 nitrogen and oxygen atoms in total. The third kappa shape index (κ3) is 14.1. The fraction of sp³-hybridized carbons (Fsp3) is 0.778. The average Bonchev–Trinajstić information content (AvgIpc) is 2.50. The third-order valence-corrected chi connectivity index (χ3v) is 3.62. The lowest BCUT2D eigenvalue weighted by molar-refractivity contribution is 0.144. The van der Waals surface area contributed by atoms with E-state index in [-0.39, 0.29) is 6.61 Å². The van der Waals surface area contributed by atoms with E-state index in [2.05, 4.69) is 19.1 Å². The van der Waals surface area contributed by atoms with Crippen LogP contribution in [0.2, 0.25) is 0 Å². The van der Waals surface area contributed by atoms with Gasteiger partial charge in [-0.1, -0.05) is 69.8 Å². The maximum atomic E-state index is 9.51. The molecule has 124 valence electrons. The average molecular weight is 297 g/mol. The Bertz CT molecular complexity index is 264. The molecule has 0 spiro atoms. The van der Waals surface area contributed by atoms with E-state index in [4.69, 9.17) is 10.8 Å². The molecule has 0 aromatic heterocycles. The first-order chi connectivity index (χ1) is 10.2. The van der Waals surface area contributed by atoms with Gasteiger partial charge in [0.05, 0.1) is 18.8 Å². The standard InChI is InChI=1S/C18H35NO2/c1-2-3-4-5-6-7-8-9-10-11-12-13-14-15-18(21)17(19)16-20/h10-11,14-15,17-18,20-21H,2-9,12-13,16,19H2,1H3. The first kappa shape index (κ1) is 20.4. The maximum absolute atomic E-state index is 9.51. The van der Waals surface area contributed by atoms with E-state index in [1.54, 1.807) is 6.08 Å². The van der Waals surface area contributed by atoms with Crippen LogP contribution in [-0.4, -0.2) is 29.0 Å². The number of hydrogen-bond donors (Lipinski definition) is 3. The van der Waals surface area contributed by atoms with Crippen molar-refractivity contribution in [3.8, 4) is 0 Å². The second-order valence-electron chi connectivity index (χ2n) is 5.72. The van der Waals surface area contributed by atoms with Crippen molar-refractivity contribution in [2.75, 3.05) is 6.61 Å². The summed E-state index contributed by atoms with van der Waals surface area (Å²) in [7, 11) is 0. The van der Waals surface area contributed by atoms with Crippen molar-refractivity contribution < 1.29 is 10.2 Å². The summed E-state index contributed by atoms with van der Waals surface area (Å²) in [6.07, 6.45) is 19.9. The molecule has 0 aromatic rings. The Kier molecular flexibility index (Phi) is 15.3. The van der Waals surface area contributed by atoms with Gasteiger partial charge < -0.3 is 15.9 Å². The second-order valence-corrected chi connectivity index (χ2v) is 5.72. The molecule has 0 aromatic carbocycles. The maximum Gasteiger partial charge on any atom is 0.0894 e. The predicted molar refractivity (Wildman–Crippen MR) is 91.2 cm³/mol. The lowest BCUT2D eigenvalue weighted by atomic mass is 10.1. The highest BCUT2D eigenvalue weighted by molar-refractivity contribution is 4.95. The topological polar surface area (TPSA) is 66.5 Å². The van der Waals surface area contributed by atoms with Gasteiger partial charge >= 0.3 is 0 Å². The molecular weight excluding hydrogens is 262 g/mol. The van der Waals surface area contributed by atoms with Gasteiger partial charge in [-0.05, 0) is 25.7 Å². The summed E-state index contributed by atoms with van der Waals surface area (Å²) < 4.78 is 0. The van der Waals surface area contributed by atoms with Crippen LogP contribution in [0.1, 0.15) is 71.1 Å². The molecule has 0 aliphatic rings. The second kappa shape index (κ2) is 15.7. The van der Waals surface area contributed by atoms with Crippen LogP contribution in [0.5, 0.6) is 0 Å². The minimum Gasteiger partial charge on any atom is -0.395 e. The van der Waals surface area contributed by atoms with Gasteiger partial charge in [0.15, 0.2) is 0 Å². The zero-order chi connectivity index (χ0) is 15.8. The van der Waals surface area contributed by atoms with Crippen LogP contribution >= 0.6 is 0 Å². The summed E-state index contributed by atoms with van der Waals surface area (Å²) in [5, 5.41) is 18.3. The molecule has 0 radical (unpaired) electrons. The van der Waals surface area contributed by atoms with Gasteiger partial charge in [-0.2, -0.15) is 0 Å². The van der Waals surface area contributed by atoms with Crippen molar-refractivity contribution in [3.05, 3.63) is 24.3 Å². The van der Waals surface area contributed by atoms with E-state index < -0.39 is 12.1 Å². The van der Waals surface area contributed by atoms with Crippen LogP contribution in [0, 0.1) is 0 Å². The zero-order valence-corrected chi connectivity index (χ0v) is 13.7. The number of nitrogens with two attached hydrogens (primary N) is 1. The molecule has 3 heteroatoms. The zero-order valence-electron chi connectivity index (χ0n) is 13.7. The number of aliphatic hydroxyl groups excluding tert-OH is 2. The Morgan fingerprint density at radius 2 is 1.43 bits per heavy atom. The molecule has 2 unspecified atom stereocenters. The number of rotatable bonds is 14. The molecule has 2 atom stereocenters. The number of aliphatic hydroxyl groups is 2. The van der Waals surface area contributed by atoms with E-state index in [1.807, 2.05) is 6.08 Å². The molecule has 0 aliphatic carbocycles. The molecule has 0 amide bonds. The van der Waals surface area contributed by atoms with Crippen LogP contribution in [0.25, 0.3) is 0 Å². The van der Waals surface area contributed by atoms with Gasteiger partial charge in [-0.3, -0.25) is 0 Å². The largest absolute Gasteiger partial charge is 0.395 e. The predicted octanol–water partition coefficient (Wildman–Crippen LogP) is 3.70. The van der Waals surface area contributed by atoms with Gasteiger partial charge in [0, 0.05) is 0 Å². The van der Waals surface area contributed by atoms with E-state index in [0.717, 1.165) is 12.8 Å². The molecule has 0 rings (SSSR count). The van der Waals surface area contributed by atoms with Crippen molar-refractivity contribution in [3.63, 3.8) is 0 Å². The highest BCUT2D eigenvalue weighted by atomic mass is 16.3. The Morgan fingerprint density at radius 1 is 0.857 bits per heavy atom. The summed E-state index contributed by atoms with van der Waals surface area (Å²) in [4.78, 5) is 0. The summed E-state index contributed by atoms with van der Waals surface area (Å²) in [6.45, 7) is 2.06. The van der Waals surface area contributed by atoms with Crippen LogP contribution in [0.4, 0.5) is 0 Å². The SMILES string of the molecule is CCCCCCCCCC=CCCC=CC(O)C(N)CO. The van der Waals surface area contributed by atoms with Gasteiger partial charge in [-0.15, -0.1) is 0 Å². The fourth-order valence-electron chi connectivity index (χ4n) is 2.13. The molecular formula is C18H35NO2. The Hall–Kier alpha value is -0.640. The lowest BCUT2D eigenvalue weighted by Gasteiger charge is -2.11. The first-order valence-electron chi connectivity index (χ1n) is 8.58. The van der Waals surface area contributed by atoms with Crippen molar-refractivity contribution >= 4 is 0 Å². The van der Waals surface area contributed by atoms with Crippen LogP contribution in [-0.2, 0) is 0 Å². The molecule has 0 fully saturated rings. The van der Waals surface area contributed by atoms with Gasteiger partial charge in [0.2, 0.25) is 0 Å². The molecule has 0 saturated heterocycles. The van der Waals surface area contributed by atoms with Crippen molar-refractivity contribution in [1.82, 2.24) is 0 Å². The van der Waals surface area contributed by atoms with Gasteiger partial charge in [0.1, 0.15) is 0 Å². The molecule has 0 aliphatic heterocycles. The van der Waals surface area contributed by atoms with Crippen LogP contribution in [0.3, 0.4) is 0 Å². The molecule has 4 N–H and O–H groups in total. The van der Waals surface area contributed by atoms with Crippen molar-refractivity contribution in [2.24, 2.45) is 5.73 Å². The first-order valence-corrected chi connectivity index (χ1v) is 8.58. The summed E-state index contributed by atoms with van der Waals surface area (Å²) in [5.74, 6) is 0. The smallest absolute Gasteiger partial charge is 0.0894 e. The Balaban J connectivity index is 3.35. The van der Waals surface area contributed by atoms with Crippen LogP contribution < -0.4 is 5.73 Å². The monoisotopic (exact) mass is 297 g/mol. The van der Waals surface area contributed by atoms with Crippen molar-refractivity contribution in [1.29, 1.82) is 0 Å². The van der Waals surface area contributed by atoms with E-state index in [0.29, 0.717) is 0 Å². The van der Waals surface area contributed by atoms with Crippen LogP contribution in [0.15, 0.2) is 24.3 Å². The Morgan fingerprint density at radius 3 is 2.10 bits per heavy atom. The molecule has 21 heavy (non-hydrogen) atoms. The minimum atomic E-state index is -0.744. The van der Waals surface area contributed by atoms with E-state index >= 15 is 0 Å². The number of allylic oxidation sites excluding steroid dienone is 3. The molecule has 0 heterocycles.